The number of ether oxygens (including phenoxy) is 2. The van der Waals surface area contributed by atoms with Crippen LogP contribution in [0.5, 0.6) is 11.5 Å². The highest BCUT2D eigenvalue weighted by Crippen LogP contribution is 2.32. The van der Waals surface area contributed by atoms with Crippen molar-refractivity contribution in [2.24, 2.45) is 0 Å². The van der Waals surface area contributed by atoms with E-state index in [2.05, 4.69) is 21.2 Å². The van der Waals surface area contributed by atoms with Gasteiger partial charge in [-0.05, 0) is 51.8 Å². The second-order valence-electron chi connectivity index (χ2n) is 4.42. The zero-order valence-corrected chi connectivity index (χ0v) is 12.6. The first kappa shape index (κ1) is 13.7. The van der Waals surface area contributed by atoms with Gasteiger partial charge in [0.15, 0.2) is 11.5 Å². The highest BCUT2D eigenvalue weighted by Gasteiger charge is 2.12. The number of fused-ring (bicyclic) bond motifs is 1. The van der Waals surface area contributed by atoms with Crippen molar-refractivity contribution in [1.29, 1.82) is 0 Å². The number of hydrogen-bond donors (Lipinski definition) is 1. The number of anilines is 1. The van der Waals surface area contributed by atoms with Crippen LogP contribution in [0.1, 0.15) is 5.56 Å². The molecule has 2 aromatic rings. The van der Waals surface area contributed by atoms with Crippen molar-refractivity contribution < 1.29 is 14.3 Å². The first-order valence-electron chi connectivity index (χ1n) is 6.35. The zero-order chi connectivity index (χ0) is 14.7. The maximum absolute atomic E-state index is 11.9. The topological polar surface area (TPSA) is 47.6 Å². The van der Waals surface area contributed by atoms with Crippen molar-refractivity contribution in [2.45, 2.75) is 0 Å². The summed E-state index contributed by atoms with van der Waals surface area (Å²) in [6.07, 6.45) is 3.21. The molecule has 0 spiro atoms. The molecule has 21 heavy (non-hydrogen) atoms. The number of rotatable bonds is 3. The molecule has 1 aliphatic heterocycles. The average molecular weight is 346 g/mol. The number of para-hydroxylation sites is 1. The van der Waals surface area contributed by atoms with Crippen molar-refractivity contribution in [3.8, 4) is 11.5 Å². The molecule has 4 nitrogen and oxygen atoms in total. The van der Waals surface area contributed by atoms with Gasteiger partial charge in [0.25, 0.3) is 0 Å². The maximum atomic E-state index is 11.9. The zero-order valence-electron chi connectivity index (χ0n) is 11.0. The molecule has 0 radical (unpaired) electrons. The van der Waals surface area contributed by atoms with Gasteiger partial charge in [0.1, 0.15) is 0 Å². The molecule has 3 rings (SSSR count). The molecule has 2 aromatic carbocycles. The second-order valence-corrected chi connectivity index (χ2v) is 5.27. The van der Waals surface area contributed by atoms with Gasteiger partial charge >= 0.3 is 0 Å². The Morgan fingerprint density at radius 3 is 2.81 bits per heavy atom. The van der Waals surface area contributed by atoms with E-state index in [1.165, 1.54) is 6.08 Å². The summed E-state index contributed by atoms with van der Waals surface area (Å²) in [5.74, 6) is 1.23. The van der Waals surface area contributed by atoms with E-state index in [1.807, 2.05) is 42.5 Å². The standard InChI is InChI=1S/C16H12BrNO3/c17-12-3-1-2-4-13(12)18-16(19)8-6-11-5-7-14-15(9-11)21-10-20-14/h1-9H,10H2,(H,18,19)/b8-6+. The third-order valence-corrected chi connectivity index (χ3v) is 3.65. The molecule has 1 heterocycles. The largest absolute Gasteiger partial charge is 0.454 e. The summed E-state index contributed by atoms with van der Waals surface area (Å²) in [5, 5.41) is 2.80. The lowest BCUT2D eigenvalue weighted by molar-refractivity contribution is -0.111. The number of carbonyl (C=O) groups excluding carboxylic acids is 1. The minimum Gasteiger partial charge on any atom is -0.454 e. The highest BCUT2D eigenvalue weighted by atomic mass is 79.9. The fourth-order valence-electron chi connectivity index (χ4n) is 1.93. The van der Waals surface area contributed by atoms with Gasteiger partial charge in [-0.3, -0.25) is 4.79 Å². The van der Waals surface area contributed by atoms with E-state index in [0.717, 1.165) is 21.5 Å². The first-order chi connectivity index (χ1) is 10.2. The van der Waals surface area contributed by atoms with Crippen LogP contribution in [-0.4, -0.2) is 12.7 Å². The summed E-state index contributed by atoms with van der Waals surface area (Å²) < 4.78 is 11.4. The third kappa shape index (κ3) is 3.25. The van der Waals surface area contributed by atoms with Crippen molar-refractivity contribution in [3.63, 3.8) is 0 Å². The number of hydrogen-bond acceptors (Lipinski definition) is 3. The fourth-order valence-corrected chi connectivity index (χ4v) is 2.31. The second kappa shape index (κ2) is 6.01. The Morgan fingerprint density at radius 2 is 1.95 bits per heavy atom. The molecule has 5 heteroatoms. The molecule has 0 unspecified atom stereocenters. The lowest BCUT2D eigenvalue weighted by Crippen LogP contribution is -2.07. The molecule has 1 N–H and O–H groups in total. The molecule has 0 bridgehead atoms. The van der Waals surface area contributed by atoms with Gasteiger partial charge in [0.05, 0.1) is 5.69 Å². The Balaban J connectivity index is 1.68. The highest BCUT2D eigenvalue weighted by molar-refractivity contribution is 9.10. The summed E-state index contributed by atoms with van der Waals surface area (Å²) in [5.41, 5.74) is 1.61. The van der Waals surface area contributed by atoms with Crippen LogP contribution in [0.15, 0.2) is 53.0 Å². The van der Waals surface area contributed by atoms with E-state index < -0.39 is 0 Å². The Morgan fingerprint density at radius 1 is 1.14 bits per heavy atom. The van der Waals surface area contributed by atoms with Crippen molar-refractivity contribution in [3.05, 3.63) is 58.6 Å². The smallest absolute Gasteiger partial charge is 0.248 e. The van der Waals surface area contributed by atoms with E-state index >= 15 is 0 Å². The number of benzene rings is 2. The summed E-state index contributed by atoms with van der Waals surface area (Å²) in [7, 11) is 0. The van der Waals surface area contributed by atoms with Gasteiger partial charge in [-0.1, -0.05) is 18.2 Å². The van der Waals surface area contributed by atoms with Crippen LogP contribution in [0.25, 0.3) is 6.08 Å². The summed E-state index contributed by atoms with van der Waals surface area (Å²) in [6.45, 7) is 0.241. The molecule has 0 saturated carbocycles. The number of halogens is 1. The Bertz CT molecular complexity index is 712. The number of nitrogens with one attached hydrogen (secondary N) is 1. The van der Waals surface area contributed by atoms with Crippen LogP contribution in [0.2, 0.25) is 0 Å². The van der Waals surface area contributed by atoms with Crippen LogP contribution < -0.4 is 14.8 Å². The van der Waals surface area contributed by atoms with Crippen LogP contribution in [0, 0.1) is 0 Å². The minimum absolute atomic E-state index is 0.195. The van der Waals surface area contributed by atoms with Gasteiger partial charge in [0.2, 0.25) is 12.7 Å². The normalized spacial score (nSPS) is 12.6. The SMILES string of the molecule is O=C(/C=C/c1ccc2c(c1)OCO2)Nc1ccccc1Br. The number of amides is 1. The van der Waals surface area contributed by atoms with E-state index in [4.69, 9.17) is 9.47 Å². The van der Waals surface area contributed by atoms with Crippen LogP contribution in [0.3, 0.4) is 0 Å². The average Bonchev–Trinajstić information content (AvgIpc) is 2.95. The van der Waals surface area contributed by atoms with Crippen LogP contribution in [-0.2, 0) is 4.79 Å². The van der Waals surface area contributed by atoms with Gasteiger partial charge < -0.3 is 14.8 Å². The predicted octanol–water partition coefficient (Wildman–Crippen LogP) is 3.83. The molecule has 1 aliphatic rings. The molecule has 0 aromatic heterocycles. The molecule has 0 saturated heterocycles. The van der Waals surface area contributed by atoms with Crippen molar-refractivity contribution >= 4 is 33.6 Å². The van der Waals surface area contributed by atoms with E-state index in [-0.39, 0.29) is 12.7 Å². The maximum Gasteiger partial charge on any atom is 0.248 e. The molecule has 0 atom stereocenters. The molecule has 0 aliphatic carbocycles. The molecular weight excluding hydrogens is 334 g/mol. The number of carbonyl (C=O) groups is 1. The predicted molar refractivity (Wildman–Crippen MR) is 84.4 cm³/mol. The molecule has 106 valence electrons. The third-order valence-electron chi connectivity index (χ3n) is 2.96. The lowest BCUT2D eigenvalue weighted by Gasteiger charge is -2.04. The summed E-state index contributed by atoms with van der Waals surface area (Å²) >= 11 is 3.39. The van der Waals surface area contributed by atoms with Crippen LogP contribution >= 0.6 is 15.9 Å². The first-order valence-corrected chi connectivity index (χ1v) is 7.15. The summed E-state index contributed by atoms with van der Waals surface area (Å²) in [6, 6.07) is 13.0. The van der Waals surface area contributed by atoms with Crippen molar-refractivity contribution in [1.82, 2.24) is 0 Å². The van der Waals surface area contributed by atoms with E-state index in [1.54, 1.807) is 6.08 Å². The van der Waals surface area contributed by atoms with E-state index in [0.29, 0.717) is 5.75 Å². The van der Waals surface area contributed by atoms with Gasteiger partial charge in [-0.15, -0.1) is 0 Å². The Hall–Kier alpha value is -2.27. The lowest BCUT2D eigenvalue weighted by atomic mass is 10.2. The molecular formula is C16H12BrNO3. The summed E-state index contributed by atoms with van der Waals surface area (Å²) in [4.78, 5) is 11.9. The fraction of sp³-hybridized carbons (Fsp3) is 0.0625. The van der Waals surface area contributed by atoms with Crippen molar-refractivity contribution in [2.75, 3.05) is 12.1 Å². The molecule has 1 amide bonds. The monoisotopic (exact) mass is 345 g/mol. The van der Waals surface area contributed by atoms with Gasteiger partial charge in [-0.2, -0.15) is 0 Å². The Kier molecular flexibility index (Phi) is 3.92. The quantitative estimate of drug-likeness (QED) is 0.860. The van der Waals surface area contributed by atoms with Crippen LogP contribution in [0.4, 0.5) is 5.69 Å². The minimum atomic E-state index is -0.195. The Labute approximate surface area is 130 Å². The molecule has 0 fully saturated rings. The van der Waals surface area contributed by atoms with Gasteiger partial charge in [0, 0.05) is 10.5 Å². The van der Waals surface area contributed by atoms with Gasteiger partial charge in [-0.25, -0.2) is 0 Å². The van der Waals surface area contributed by atoms with E-state index in [9.17, 15) is 4.79 Å².